The predicted molar refractivity (Wildman–Crippen MR) is 377 cm³/mol. The van der Waals surface area contributed by atoms with Crippen LogP contribution < -0.4 is 4.90 Å². The summed E-state index contributed by atoms with van der Waals surface area (Å²) in [6.07, 6.45) is 25.8. The Balaban J connectivity index is 0.000000344. The van der Waals surface area contributed by atoms with Crippen LogP contribution in [0.25, 0.3) is 21.5 Å². The van der Waals surface area contributed by atoms with E-state index in [0.717, 1.165) is 17.9 Å². The molecule has 4 aromatic rings. The third-order valence-corrected chi connectivity index (χ3v) is 14.0. The summed E-state index contributed by atoms with van der Waals surface area (Å²) in [5.74, 6) is 96.5. The van der Waals surface area contributed by atoms with Crippen molar-refractivity contribution >= 4 is 48.7 Å². The van der Waals surface area contributed by atoms with Gasteiger partial charge in [-0.2, -0.15) is 4.58 Å². The second-order valence-electron chi connectivity index (χ2n) is 20.0. The lowest BCUT2D eigenvalue weighted by molar-refractivity contribution is -0.438. The van der Waals surface area contributed by atoms with Crippen LogP contribution in [0.4, 0.5) is 11.4 Å². The fourth-order valence-electron chi connectivity index (χ4n) is 9.48. The number of rotatable bonds is 14. The number of fused-ring (bicyclic) bond motifs is 6. The second-order valence-corrected chi connectivity index (χ2v) is 21.6. The van der Waals surface area contributed by atoms with Crippen LogP contribution in [0.2, 0.25) is 0 Å². The van der Waals surface area contributed by atoms with E-state index < -0.39 is 10.1 Å². The smallest absolute Gasteiger partial charge is 0.210 e. The Bertz CT molecular complexity index is 5220. The van der Waals surface area contributed by atoms with Crippen molar-refractivity contribution in [2.45, 2.75) is 90.9 Å². The largest absolute Gasteiger partial charge is 0.748 e. The van der Waals surface area contributed by atoms with Gasteiger partial charge in [0.1, 0.15) is 6.54 Å². The van der Waals surface area contributed by atoms with Crippen LogP contribution in [0, 0.1) is 237 Å². The molecule has 0 fully saturated rings. The number of benzene rings is 4. The third kappa shape index (κ3) is 23.7. The van der Waals surface area contributed by atoms with Crippen LogP contribution in [0.15, 0.2) is 121 Å². The topological polar surface area (TPSA) is 63.5 Å². The van der Waals surface area contributed by atoms with E-state index in [1.54, 1.807) is 6.92 Å². The summed E-state index contributed by atoms with van der Waals surface area (Å²) >= 11 is 0. The van der Waals surface area contributed by atoms with Gasteiger partial charge in [-0.25, -0.2) is 8.42 Å². The first-order chi connectivity index (χ1) is 44.9. The van der Waals surface area contributed by atoms with E-state index in [-0.39, 0.29) is 16.6 Å². The Hall–Kier alpha value is -13.1. The first kappa shape index (κ1) is 69.7. The summed E-state index contributed by atoms with van der Waals surface area (Å²) in [4.78, 5) is 2.31. The molecule has 0 radical (unpaired) electrons. The van der Waals surface area contributed by atoms with Crippen LogP contribution in [-0.2, 0) is 20.9 Å². The normalized spacial score (nSPS) is 11.5. The molecule has 0 bridgehead atoms. The highest BCUT2D eigenvalue weighted by Gasteiger charge is 2.45. The van der Waals surface area contributed by atoms with Gasteiger partial charge in [0, 0.05) is 183 Å². The Morgan fingerprint density at radius 1 is 0.467 bits per heavy atom. The summed E-state index contributed by atoms with van der Waals surface area (Å²) < 4.78 is 36.4. The molecule has 6 heteroatoms. The molecule has 0 atom stereocenters. The molecule has 5 nitrogen and oxygen atoms in total. The lowest BCUT2D eigenvalue weighted by Crippen LogP contribution is -2.28. The maximum Gasteiger partial charge on any atom is 0.210 e. The van der Waals surface area contributed by atoms with E-state index in [2.05, 4.69) is 390 Å². The van der Waals surface area contributed by atoms with Gasteiger partial charge in [0.05, 0.1) is 15.5 Å². The van der Waals surface area contributed by atoms with Crippen LogP contribution in [0.5, 0.6) is 0 Å². The van der Waals surface area contributed by atoms with Crippen LogP contribution in [0.3, 0.4) is 0 Å². The van der Waals surface area contributed by atoms with Crippen LogP contribution in [-0.4, -0.2) is 42.1 Å². The van der Waals surface area contributed by atoms with Gasteiger partial charge in [-0.05, 0) is 180 Å². The Kier molecular flexibility index (Phi) is 30.0. The molecular formula is C86H56N2O3S. The van der Waals surface area contributed by atoms with Crippen molar-refractivity contribution < 1.29 is 17.5 Å². The minimum atomic E-state index is -4.23. The molecule has 92 heavy (non-hydrogen) atoms. The number of unbranched alkanes of at least 4 members (excludes halogenated alkanes) is 4. The SMILES string of the molecule is C#CC#CC#CC#CC#CC#CC#CC#CC#CC#CC#CC#CC#CC#CC#CC#CC#CC#CC#CC#CC.CCCCCC[N+]1=C(C=CC=CC=CC=C2N(CCCCS(=O)(=O)[O-])c3ccc4ccccc4c3C2(C)C)C(C)(C)c2c1ccc1ccccc21. The van der Waals surface area contributed by atoms with Gasteiger partial charge in [0.2, 0.25) is 5.69 Å². The Morgan fingerprint density at radius 2 is 0.880 bits per heavy atom. The summed E-state index contributed by atoms with van der Waals surface area (Å²) in [6, 6.07) is 26.1. The minimum absolute atomic E-state index is 0.125. The highest BCUT2D eigenvalue weighted by atomic mass is 32.2. The summed E-state index contributed by atoms with van der Waals surface area (Å²) in [5, 5.41) is 5.05. The van der Waals surface area contributed by atoms with Crippen molar-refractivity contribution in [1.82, 2.24) is 0 Å². The maximum absolute atomic E-state index is 11.3. The number of allylic oxidation sites excluding steroid dienone is 8. The van der Waals surface area contributed by atoms with Gasteiger partial charge in [-0.1, -0.05) is 125 Å². The van der Waals surface area contributed by atoms with Gasteiger partial charge in [0.15, 0.2) is 5.71 Å². The monoisotopic (exact) mass is 1200 g/mol. The van der Waals surface area contributed by atoms with Crippen molar-refractivity contribution in [2.24, 2.45) is 0 Å². The number of hydrogen-bond acceptors (Lipinski definition) is 4. The molecule has 0 spiro atoms. The molecule has 0 saturated carbocycles. The van der Waals surface area contributed by atoms with E-state index >= 15 is 0 Å². The van der Waals surface area contributed by atoms with E-state index in [0.29, 0.717) is 19.4 Å². The average Bonchev–Trinajstić information content (AvgIpc) is 1.58. The van der Waals surface area contributed by atoms with E-state index in [1.165, 1.54) is 69.8 Å². The van der Waals surface area contributed by atoms with Gasteiger partial charge in [-0.3, -0.25) is 0 Å². The van der Waals surface area contributed by atoms with Crippen molar-refractivity contribution in [3.63, 3.8) is 0 Å². The van der Waals surface area contributed by atoms with Crippen molar-refractivity contribution in [2.75, 3.05) is 23.7 Å². The lowest BCUT2D eigenvalue weighted by Gasteiger charge is -2.27. The quantitative estimate of drug-likeness (QED) is 0.0415. The Morgan fingerprint density at radius 3 is 1.33 bits per heavy atom. The highest BCUT2D eigenvalue weighted by molar-refractivity contribution is 7.85. The number of anilines is 1. The summed E-state index contributed by atoms with van der Waals surface area (Å²) in [5.41, 5.74) is 7.27. The zero-order chi connectivity index (χ0) is 65.8. The van der Waals surface area contributed by atoms with Gasteiger partial charge < -0.3 is 9.45 Å². The molecular weight excluding hydrogens is 1140 g/mol. The molecule has 2 aliphatic rings. The lowest BCUT2D eigenvalue weighted by atomic mass is 9.79. The molecule has 434 valence electrons. The van der Waals surface area contributed by atoms with Crippen molar-refractivity contribution in [3.8, 4) is 237 Å². The molecule has 4 aromatic carbocycles. The van der Waals surface area contributed by atoms with Gasteiger partial charge in [0.25, 0.3) is 0 Å². The highest BCUT2D eigenvalue weighted by Crippen LogP contribution is 2.51. The number of nitrogens with zero attached hydrogens (tertiary/aromatic N) is 2. The molecule has 0 saturated heterocycles. The van der Waals surface area contributed by atoms with E-state index in [1.807, 2.05) is 0 Å². The minimum Gasteiger partial charge on any atom is -0.748 e. The molecule has 0 aromatic heterocycles. The van der Waals surface area contributed by atoms with Gasteiger partial charge in [-0.15, -0.1) is 6.42 Å². The van der Waals surface area contributed by atoms with Crippen LogP contribution >= 0.6 is 0 Å². The molecule has 2 heterocycles. The molecule has 6 rings (SSSR count). The second kappa shape index (κ2) is 39.6. The van der Waals surface area contributed by atoms with Crippen molar-refractivity contribution in [3.05, 3.63) is 132 Å². The number of hydrogen-bond donors (Lipinski definition) is 0. The average molecular weight is 1200 g/mol. The number of terminal acetylenes is 1. The molecule has 2 aliphatic heterocycles. The zero-order valence-corrected chi connectivity index (χ0v) is 52.8. The molecule has 0 unspecified atom stereocenters. The molecule has 0 aliphatic carbocycles. The fourth-order valence-corrected chi connectivity index (χ4v) is 10.0. The fraction of sp³-hybridized carbons (Fsp3) is 0.198. The van der Waals surface area contributed by atoms with Gasteiger partial charge >= 0.3 is 0 Å². The Labute approximate surface area is 547 Å². The summed E-state index contributed by atoms with van der Waals surface area (Å²) in [6.45, 7) is 14.8. The first-order valence-corrected chi connectivity index (χ1v) is 30.4. The molecule has 0 amide bonds. The standard InChI is InChI=1S/C45H52N2O3S.C41H4/c1-6-7-8-18-31-46-38-29-27-34-21-14-16-23-36(34)42(38)44(2,3)40(46)25-12-10-9-11-13-26-41-45(4,5)43-37-24-17-15-22-35(37)28-30-39(43)47(41)32-19-20-33-51(48,49)50;1-3-5-7-9-11-13-15-17-19-21-23-25-27-29-31-33-35-37-39-41-40-38-36-34-32-30-28-26-24-22-20-18-16-14-12-10-8-6-4-2/h9-17,21-30H,6-8,18-20,31-33H2,1-5H3;1H,2H3. The van der Waals surface area contributed by atoms with E-state index in [9.17, 15) is 13.0 Å². The summed E-state index contributed by atoms with van der Waals surface area (Å²) in [7, 11) is -4.23. The predicted octanol–water partition coefficient (Wildman–Crippen LogP) is 11.3. The van der Waals surface area contributed by atoms with Crippen molar-refractivity contribution in [1.29, 1.82) is 0 Å². The first-order valence-electron chi connectivity index (χ1n) is 28.9. The van der Waals surface area contributed by atoms with E-state index in [4.69, 9.17) is 6.42 Å². The zero-order valence-electron chi connectivity index (χ0n) is 51.9. The van der Waals surface area contributed by atoms with Crippen LogP contribution in [0.1, 0.15) is 91.2 Å². The third-order valence-electron chi connectivity index (χ3n) is 13.2. The molecule has 0 N–H and O–H groups in total. The maximum atomic E-state index is 11.3.